The van der Waals surface area contributed by atoms with Gasteiger partial charge in [0.1, 0.15) is 5.69 Å². The van der Waals surface area contributed by atoms with Crippen LogP contribution in [0.4, 0.5) is 11.4 Å². The Morgan fingerprint density at radius 3 is 2.79 bits per heavy atom. The minimum atomic E-state index is -0.493. The number of rotatable bonds is 4. The van der Waals surface area contributed by atoms with Gasteiger partial charge in [-0.15, -0.1) is 11.3 Å². The summed E-state index contributed by atoms with van der Waals surface area (Å²) in [5, 5.41) is 22.7. The molecule has 0 spiro atoms. The fraction of sp³-hybridized carbons (Fsp3) is 0.0833. The molecule has 0 atom stereocenters. The lowest BCUT2D eigenvalue weighted by Gasteiger charge is -2.05. The quantitative estimate of drug-likeness (QED) is 0.677. The predicted octanol–water partition coefficient (Wildman–Crippen LogP) is 3.90. The summed E-state index contributed by atoms with van der Waals surface area (Å²) in [5.74, 6) is 0. The Hall–Kier alpha value is -1.91. The molecule has 0 aliphatic rings. The van der Waals surface area contributed by atoms with Crippen molar-refractivity contribution in [3.8, 4) is 6.07 Å². The van der Waals surface area contributed by atoms with Gasteiger partial charge in [-0.05, 0) is 40.2 Å². The Labute approximate surface area is 121 Å². The summed E-state index contributed by atoms with van der Waals surface area (Å²) in [6, 6.07) is 10.1. The van der Waals surface area contributed by atoms with Gasteiger partial charge >= 0.3 is 0 Å². The molecular formula is C12H8BrN3O2S. The SMILES string of the molecule is N#Cc1ccc(NCc2ccc(Br)s2)c([N+](=O)[O-])c1. The summed E-state index contributed by atoms with van der Waals surface area (Å²) >= 11 is 4.92. The first-order valence-electron chi connectivity index (χ1n) is 5.27. The molecule has 0 saturated carbocycles. The van der Waals surface area contributed by atoms with Crippen LogP contribution >= 0.6 is 27.3 Å². The summed E-state index contributed by atoms with van der Waals surface area (Å²) in [4.78, 5) is 11.5. The second-order valence-electron chi connectivity index (χ2n) is 3.66. The molecule has 1 N–H and O–H groups in total. The molecule has 7 heteroatoms. The highest BCUT2D eigenvalue weighted by Crippen LogP contribution is 2.27. The molecule has 1 heterocycles. The zero-order valence-electron chi connectivity index (χ0n) is 9.59. The van der Waals surface area contributed by atoms with Crippen molar-refractivity contribution in [1.29, 1.82) is 5.26 Å². The molecule has 5 nitrogen and oxygen atoms in total. The molecule has 0 radical (unpaired) electrons. The van der Waals surface area contributed by atoms with Crippen LogP contribution in [0.5, 0.6) is 0 Å². The zero-order chi connectivity index (χ0) is 13.8. The molecule has 0 aliphatic heterocycles. The normalized spacial score (nSPS) is 9.89. The molecule has 1 aromatic heterocycles. The van der Waals surface area contributed by atoms with E-state index in [1.807, 2.05) is 18.2 Å². The van der Waals surface area contributed by atoms with Crippen LogP contribution in [0.1, 0.15) is 10.4 Å². The smallest absolute Gasteiger partial charge is 0.293 e. The van der Waals surface area contributed by atoms with E-state index in [0.717, 1.165) is 8.66 Å². The van der Waals surface area contributed by atoms with Crippen molar-refractivity contribution in [1.82, 2.24) is 0 Å². The molecule has 1 aromatic carbocycles. The number of halogens is 1. The number of nitrogens with one attached hydrogen (secondary N) is 1. The molecule has 0 amide bonds. The monoisotopic (exact) mass is 337 g/mol. The first-order valence-corrected chi connectivity index (χ1v) is 6.87. The lowest BCUT2D eigenvalue weighted by atomic mass is 10.2. The number of nitriles is 1. The van der Waals surface area contributed by atoms with Crippen molar-refractivity contribution in [2.24, 2.45) is 0 Å². The maximum Gasteiger partial charge on any atom is 0.293 e. The van der Waals surface area contributed by atoms with Gasteiger partial charge in [0.15, 0.2) is 0 Å². The topological polar surface area (TPSA) is 79.0 Å². The lowest BCUT2D eigenvalue weighted by Crippen LogP contribution is -2.01. The Morgan fingerprint density at radius 1 is 1.42 bits per heavy atom. The van der Waals surface area contributed by atoms with Gasteiger partial charge in [0.2, 0.25) is 0 Å². The second kappa shape index (κ2) is 5.82. The Balaban J connectivity index is 2.20. The third-order valence-corrected chi connectivity index (χ3v) is 4.03. The van der Waals surface area contributed by atoms with E-state index in [1.54, 1.807) is 23.5 Å². The van der Waals surface area contributed by atoms with Gasteiger partial charge in [-0.2, -0.15) is 5.26 Å². The van der Waals surface area contributed by atoms with E-state index in [-0.39, 0.29) is 11.3 Å². The van der Waals surface area contributed by atoms with Crippen molar-refractivity contribution >= 4 is 38.6 Å². The zero-order valence-corrected chi connectivity index (χ0v) is 12.0. The van der Waals surface area contributed by atoms with Gasteiger partial charge in [0, 0.05) is 17.5 Å². The van der Waals surface area contributed by atoms with E-state index < -0.39 is 4.92 Å². The second-order valence-corrected chi connectivity index (χ2v) is 6.21. The van der Waals surface area contributed by atoms with Crippen LogP contribution in [0, 0.1) is 21.4 Å². The molecule has 2 aromatic rings. The van der Waals surface area contributed by atoms with E-state index >= 15 is 0 Å². The van der Waals surface area contributed by atoms with Gasteiger partial charge in [0.05, 0.1) is 20.3 Å². The number of hydrogen-bond donors (Lipinski definition) is 1. The van der Waals surface area contributed by atoms with Crippen LogP contribution in [0.3, 0.4) is 0 Å². The largest absolute Gasteiger partial charge is 0.375 e. The predicted molar refractivity (Wildman–Crippen MR) is 77.2 cm³/mol. The highest BCUT2D eigenvalue weighted by molar-refractivity contribution is 9.11. The van der Waals surface area contributed by atoms with Gasteiger partial charge in [0.25, 0.3) is 5.69 Å². The third-order valence-electron chi connectivity index (χ3n) is 2.41. The van der Waals surface area contributed by atoms with Crippen molar-refractivity contribution in [2.75, 3.05) is 5.32 Å². The average molecular weight is 338 g/mol. The van der Waals surface area contributed by atoms with Crippen LogP contribution in [0.2, 0.25) is 0 Å². The van der Waals surface area contributed by atoms with E-state index in [9.17, 15) is 10.1 Å². The number of benzene rings is 1. The first kappa shape index (κ1) is 13.5. The highest BCUT2D eigenvalue weighted by Gasteiger charge is 2.14. The Bertz CT molecular complexity index is 663. The minimum Gasteiger partial charge on any atom is -0.375 e. The molecule has 0 saturated heterocycles. The van der Waals surface area contributed by atoms with Gasteiger partial charge < -0.3 is 5.32 Å². The molecule has 0 aliphatic carbocycles. The Kier molecular flexibility index (Phi) is 4.14. The first-order chi connectivity index (χ1) is 9.10. The number of nitro groups is 1. The molecular weight excluding hydrogens is 330 g/mol. The maximum atomic E-state index is 11.0. The average Bonchev–Trinajstić information content (AvgIpc) is 2.82. The van der Waals surface area contributed by atoms with Gasteiger partial charge in [-0.3, -0.25) is 10.1 Å². The van der Waals surface area contributed by atoms with Crippen molar-refractivity contribution in [3.05, 3.63) is 54.7 Å². The number of nitro benzene ring substituents is 1. The summed E-state index contributed by atoms with van der Waals surface area (Å²) in [6.07, 6.45) is 0. The number of hydrogen-bond acceptors (Lipinski definition) is 5. The number of nitrogens with zero attached hydrogens (tertiary/aromatic N) is 2. The van der Waals surface area contributed by atoms with Crippen LogP contribution in [0.25, 0.3) is 0 Å². The van der Waals surface area contributed by atoms with E-state index in [4.69, 9.17) is 5.26 Å². The molecule has 0 unspecified atom stereocenters. The van der Waals surface area contributed by atoms with Crippen LogP contribution < -0.4 is 5.32 Å². The summed E-state index contributed by atoms with van der Waals surface area (Å²) in [7, 11) is 0. The molecule has 0 bridgehead atoms. The number of thiophene rings is 1. The van der Waals surface area contributed by atoms with Crippen molar-refractivity contribution < 1.29 is 4.92 Å². The fourth-order valence-corrected chi connectivity index (χ4v) is 2.95. The fourth-order valence-electron chi connectivity index (χ4n) is 1.53. The highest BCUT2D eigenvalue weighted by atomic mass is 79.9. The number of anilines is 1. The van der Waals surface area contributed by atoms with Gasteiger partial charge in [-0.1, -0.05) is 0 Å². The van der Waals surface area contributed by atoms with Crippen LogP contribution in [-0.4, -0.2) is 4.92 Å². The van der Waals surface area contributed by atoms with Crippen molar-refractivity contribution in [2.45, 2.75) is 6.54 Å². The minimum absolute atomic E-state index is 0.0883. The summed E-state index contributed by atoms with van der Waals surface area (Å²) in [5.41, 5.74) is 0.597. The van der Waals surface area contributed by atoms with E-state index in [2.05, 4.69) is 21.2 Å². The van der Waals surface area contributed by atoms with E-state index in [1.165, 1.54) is 6.07 Å². The summed E-state index contributed by atoms with van der Waals surface area (Å²) in [6.45, 7) is 0.503. The molecule has 96 valence electrons. The van der Waals surface area contributed by atoms with Crippen LogP contribution in [0.15, 0.2) is 34.1 Å². The van der Waals surface area contributed by atoms with Crippen LogP contribution in [-0.2, 0) is 6.54 Å². The maximum absolute atomic E-state index is 11.0. The van der Waals surface area contributed by atoms with Gasteiger partial charge in [-0.25, -0.2) is 0 Å². The third kappa shape index (κ3) is 3.30. The summed E-state index contributed by atoms with van der Waals surface area (Å²) < 4.78 is 1.01. The molecule has 19 heavy (non-hydrogen) atoms. The van der Waals surface area contributed by atoms with E-state index in [0.29, 0.717) is 12.2 Å². The lowest BCUT2D eigenvalue weighted by molar-refractivity contribution is -0.384. The van der Waals surface area contributed by atoms with Crippen molar-refractivity contribution in [3.63, 3.8) is 0 Å². The molecule has 2 rings (SSSR count). The molecule has 0 fully saturated rings. The standard InChI is InChI=1S/C12H8BrN3O2S/c13-12-4-2-9(19-12)7-15-10-3-1-8(6-14)5-11(10)16(17)18/h1-5,15H,7H2. The Morgan fingerprint density at radius 2 is 2.21 bits per heavy atom.